The van der Waals surface area contributed by atoms with Crippen LogP contribution in [0.25, 0.3) is 22.3 Å². The number of hydrogen-bond acceptors (Lipinski definition) is 7. The van der Waals surface area contributed by atoms with Crippen molar-refractivity contribution >= 4 is 16.8 Å². The van der Waals surface area contributed by atoms with Gasteiger partial charge in [-0.1, -0.05) is 0 Å². The zero-order chi connectivity index (χ0) is 19.5. The van der Waals surface area contributed by atoms with Gasteiger partial charge in [0.25, 0.3) is 0 Å². The quantitative estimate of drug-likeness (QED) is 0.604. The first-order chi connectivity index (χ1) is 12.7. The maximum absolute atomic E-state index is 12.8. The summed E-state index contributed by atoms with van der Waals surface area (Å²) < 4.78 is 11.4. The van der Waals surface area contributed by atoms with Crippen molar-refractivity contribution in [3.8, 4) is 28.6 Å². The van der Waals surface area contributed by atoms with Crippen molar-refractivity contribution in [2.24, 2.45) is 0 Å². The number of aliphatic hydroxyl groups is 1. The summed E-state index contributed by atoms with van der Waals surface area (Å²) in [6.07, 6.45) is -1.46. The number of ether oxygens (including phenoxy) is 1. The Hall–Kier alpha value is -3.32. The van der Waals surface area contributed by atoms with E-state index in [1.165, 1.54) is 24.3 Å². The minimum Gasteiger partial charge on any atom is -0.508 e. The molecule has 0 saturated carbocycles. The van der Waals surface area contributed by atoms with Crippen LogP contribution in [0.5, 0.6) is 17.2 Å². The third-order valence-corrected chi connectivity index (χ3v) is 4.62. The number of carbonyl (C=O) groups is 1. The topological polar surface area (TPSA) is 117 Å². The number of ketones is 1. The summed E-state index contributed by atoms with van der Waals surface area (Å²) in [4.78, 5) is 25.3. The van der Waals surface area contributed by atoms with Gasteiger partial charge in [0.2, 0.25) is 5.78 Å². The van der Waals surface area contributed by atoms with Crippen molar-refractivity contribution in [2.75, 3.05) is 0 Å². The van der Waals surface area contributed by atoms with Gasteiger partial charge in [0.05, 0.1) is 0 Å². The number of fused-ring (bicyclic) bond motifs is 3. The highest BCUT2D eigenvalue weighted by Crippen LogP contribution is 2.41. The molecule has 1 aliphatic rings. The molecule has 7 nitrogen and oxygen atoms in total. The normalized spacial score (nSPS) is 18.2. The Kier molecular flexibility index (Phi) is 3.54. The molecule has 0 radical (unpaired) electrons. The number of aliphatic hydroxyl groups excluding tert-OH is 1. The Balaban J connectivity index is 2.05. The number of hydrogen-bond donors (Lipinski definition) is 3. The fraction of sp³-hybridized carbons (Fsp3) is 0.200. The van der Waals surface area contributed by atoms with Gasteiger partial charge in [-0.3, -0.25) is 9.59 Å². The van der Waals surface area contributed by atoms with Gasteiger partial charge in [-0.25, -0.2) is 0 Å². The molecule has 0 bridgehead atoms. The largest absolute Gasteiger partial charge is 0.508 e. The Morgan fingerprint density at radius 2 is 1.70 bits per heavy atom. The molecule has 0 fully saturated rings. The van der Waals surface area contributed by atoms with Crippen LogP contribution in [0.4, 0.5) is 0 Å². The molecule has 1 aromatic heterocycles. The minimum absolute atomic E-state index is 0.0336. The van der Waals surface area contributed by atoms with Crippen LogP contribution in [0.15, 0.2) is 45.6 Å². The first-order valence-corrected chi connectivity index (χ1v) is 8.23. The lowest BCUT2D eigenvalue weighted by Gasteiger charge is -2.35. The predicted octanol–water partition coefficient (Wildman–Crippen LogP) is 2.59. The highest BCUT2D eigenvalue weighted by Gasteiger charge is 2.44. The average molecular weight is 368 g/mol. The molecule has 2 aromatic carbocycles. The van der Waals surface area contributed by atoms with Crippen molar-refractivity contribution in [3.63, 3.8) is 0 Å². The lowest BCUT2D eigenvalue weighted by Crippen LogP contribution is -2.50. The van der Waals surface area contributed by atoms with E-state index in [1.54, 1.807) is 26.0 Å². The van der Waals surface area contributed by atoms with E-state index >= 15 is 0 Å². The molecular formula is C20H16O7. The lowest BCUT2D eigenvalue weighted by atomic mass is 9.88. The minimum atomic E-state index is -1.46. The van der Waals surface area contributed by atoms with Crippen LogP contribution in [0.1, 0.15) is 24.2 Å². The Morgan fingerprint density at radius 1 is 1.04 bits per heavy atom. The van der Waals surface area contributed by atoms with Crippen molar-refractivity contribution in [3.05, 3.63) is 52.2 Å². The molecule has 0 unspecified atom stereocenters. The Bertz CT molecular complexity index is 1140. The molecule has 0 amide bonds. The van der Waals surface area contributed by atoms with E-state index in [0.29, 0.717) is 5.56 Å². The van der Waals surface area contributed by atoms with Gasteiger partial charge < -0.3 is 24.5 Å². The fourth-order valence-corrected chi connectivity index (χ4v) is 3.17. The number of rotatable bonds is 1. The fourth-order valence-electron chi connectivity index (χ4n) is 3.17. The van der Waals surface area contributed by atoms with Crippen molar-refractivity contribution < 1.29 is 29.3 Å². The van der Waals surface area contributed by atoms with Gasteiger partial charge in [-0.05, 0) is 38.1 Å². The van der Waals surface area contributed by atoms with Gasteiger partial charge in [0.15, 0.2) is 17.1 Å². The van der Waals surface area contributed by atoms with E-state index in [2.05, 4.69) is 0 Å². The second-order valence-corrected chi connectivity index (χ2v) is 6.97. The summed E-state index contributed by atoms with van der Waals surface area (Å²) in [6, 6.07) is 8.32. The second kappa shape index (κ2) is 5.59. The van der Waals surface area contributed by atoms with E-state index in [0.717, 1.165) is 0 Å². The van der Waals surface area contributed by atoms with Crippen molar-refractivity contribution in [1.29, 1.82) is 0 Å². The van der Waals surface area contributed by atoms with E-state index in [9.17, 15) is 24.9 Å². The van der Waals surface area contributed by atoms with E-state index in [4.69, 9.17) is 9.15 Å². The van der Waals surface area contributed by atoms with Crippen LogP contribution in [0, 0.1) is 0 Å². The summed E-state index contributed by atoms with van der Waals surface area (Å²) >= 11 is 0. The molecule has 0 aliphatic carbocycles. The van der Waals surface area contributed by atoms with Gasteiger partial charge in [0.1, 0.15) is 39.6 Å². The molecule has 3 N–H and O–H groups in total. The van der Waals surface area contributed by atoms with Crippen LogP contribution >= 0.6 is 0 Å². The SMILES string of the molecule is CC1(C)Oc2cc(O)c3c(=O)cc(-c4ccc(O)cc4)oc3c2C(=O)[C@H]1O. The monoisotopic (exact) mass is 368 g/mol. The van der Waals surface area contributed by atoms with E-state index in [1.807, 2.05) is 0 Å². The zero-order valence-electron chi connectivity index (χ0n) is 14.5. The molecule has 7 heteroatoms. The molecule has 0 saturated heterocycles. The maximum Gasteiger partial charge on any atom is 0.202 e. The number of phenolic OH excluding ortho intramolecular Hbond substituents is 2. The Labute approximate surface area is 153 Å². The van der Waals surface area contributed by atoms with E-state index < -0.39 is 22.9 Å². The first kappa shape index (κ1) is 17.1. The van der Waals surface area contributed by atoms with E-state index in [-0.39, 0.29) is 39.5 Å². The summed E-state index contributed by atoms with van der Waals surface area (Å²) in [6.45, 7) is 3.09. The Morgan fingerprint density at radius 3 is 2.37 bits per heavy atom. The number of carbonyl (C=O) groups excluding carboxylic acids is 1. The number of phenols is 2. The highest BCUT2D eigenvalue weighted by molar-refractivity contribution is 6.13. The third kappa shape index (κ3) is 2.55. The van der Waals surface area contributed by atoms with Crippen molar-refractivity contribution in [1.82, 2.24) is 0 Å². The first-order valence-electron chi connectivity index (χ1n) is 8.23. The van der Waals surface area contributed by atoms with Crippen LogP contribution in [-0.2, 0) is 0 Å². The van der Waals surface area contributed by atoms with Crippen LogP contribution < -0.4 is 10.2 Å². The average Bonchev–Trinajstić information content (AvgIpc) is 2.59. The molecule has 0 spiro atoms. The standard InChI is InChI=1S/C20H16O7/c1-20(2)19(25)17(24)16-14(27-20)8-12(23)15-11(22)7-13(26-18(15)16)9-3-5-10(21)6-4-9/h3-8,19,21,23,25H,1-2H3/t19-/m1/s1. The predicted molar refractivity (Wildman–Crippen MR) is 96.3 cm³/mol. The molecule has 3 aromatic rings. The second-order valence-electron chi connectivity index (χ2n) is 6.97. The molecule has 4 rings (SSSR count). The van der Waals surface area contributed by atoms with Crippen LogP contribution in [0.2, 0.25) is 0 Å². The summed E-state index contributed by atoms with van der Waals surface area (Å²) in [5, 5.41) is 29.8. The van der Waals surface area contributed by atoms with Crippen LogP contribution in [0.3, 0.4) is 0 Å². The molecule has 138 valence electrons. The number of benzene rings is 2. The zero-order valence-corrected chi connectivity index (χ0v) is 14.5. The number of Topliss-reactive ketones (excluding diaryl/α,β-unsaturated/α-hetero) is 1. The van der Waals surface area contributed by atoms with Gasteiger partial charge in [-0.2, -0.15) is 0 Å². The van der Waals surface area contributed by atoms with Gasteiger partial charge in [0, 0.05) is 17.7 Å². The third-order valence-electron chi connectivity index (χ3n) is 4.62. The molecule has 27 heavy (non-hydrogen) atoms. The summed E-state index contributed by atoms with van der Waals surface area (Å²) in [5.74, 6) is -0.809. The smallest absolute Gasteiger partial charge is 0.202 e. The molecular weight excluding hydrogens is 352 g/mol. The lowest BCUT2D eigenvalue weighted by molar-refractivity contribution is -0.0248. The molecule has 1 atom stereocenters. The van der Waals surface area contributed by atoms with Crippen molar-refractivity contribution in [2.45, 2.75) is 25.6 Å². The maximum atomic E-state index is 12.8. The van der Waals surface area contributed by atoms with Crippen LogP contribution in [-0.4, -0.2) is 32.8 Å². The summed E-state index contributed by atoms with van der Waals surface area (Å²) in [5.41, 5.74) is -1.49. The molecule has 2 heterocycles. The van der Waals surface area contributed by atoms with Gasteiger partial charge in [-0.15, -0.1) is 0 Å². The highest BCUT2D eigenvalue weighted by atomic mass is 16.5. The van der Waals surface area contributed by atoms with Gasteiger partial charge >= 0.3 is 0 Å². The molecule has 1 aliphatic heterocycles. The summed E-state index contributed by atoms with van der Waals surface area (Å²) in [7, 11) is 0. The number of aromatic hydroxyl groups is 2.